The minimum atomic E-state index is -3.57. The average Bonchev–Trinajstić information content (AvgIpc) is 3.23. The zero-order valence-electron chi connectivity index (χ0n) is 19.6. The van der Waals surface area contributed by atoms with E-state index < -0.39 is 10.0 Å². The third-order valence-corrected chi connectivity index (χ3v) is 8.28. The number of sulfonamides is 1. The summed E-state index contributed by atoms with van der Waals surface area (Å²) in [5.74, 6) is 1.43. The zero-order chi connectivity index (χ0) is 24.3. The van der Waals surface area contributed by atoms with Crippen LogP contribution in [-0.4, -0.2) is 52.3 Å². The van der Waals surface area contributed by atoms with Gasteiger partial charge in [0.05, 0.1) is 10.6 Å². The molecule has 7 nitrogen and oxygen atoms in total. The maximum Gasteiger partial charge on any atom is 0.242 e. The quantitative estimate of drug-likeness (QED) is 0.336. The number of hydrogen-bond acceptors (Lipinski definition) is 6. The highest BCUT2D eigenvalue weighted by Crippen LogP contribution is 2.32. The smallest absolute Gasteiger partial charge is 0.242 e. The first-order valence-electron chi connectivity index (χ1n) is 10.9. The molecule has 176 valence electrons. The van der Waals surface area contributed by atoms with Crippen molar-refractivity contribution >= 4 is 21.8 Å². The van der Waals surface area contributed by atoms with Crippen LogP contribution in [0.15, 0.2) is 77.0 Å². The lowest BCUT2D eigenvalue weighted by atomic mass is 10.1. The predicted octanol–water partition coefficient (Wildman–Crippen LogP) is 4.53. The van der Waals surface area contributed by atoms with Crippen molar-refractivity contribution in [1.29, 1.82) is 0 Å². The molecule has 0 amide bonds. The fourth-order valence-corrected chi connectivity index (χ4v) is 5.60. The number of rotatable bonds is 8. The number of thioether (sulfide) groups is 1. The molecule has 0 atom stereocenters. The molecule has 2 aromatic carbocycles. The lowest BCUT2D eigenvalue weighted by Crippen LogP contribution is -2.22. The second-order valence-electron chi connectivity index (χ2n) is 8.15. The molecule has 4 rings (SSSR count). The van der Waals surface area contributed by atoms with Gasteiger partial charge in [-0.15, -0.1) is 10.2 Å². The van der Waals surface area contributed by atoms with Crippen LogP contribution in [0.3, 0.4) is 0 Å². The molecule has 4 aromatic rings. The summed E-state index contributed by atoms with van der Waals surface area (Å²) >= 11 is 1.63. The van der Waals surface area contributed by atoms with E-state index in [-0.39, 0.29) is 4.90 Å². The topological polar surface area (TPSA) is 81.0 Å². The molecule has 34 heavy (non-hydrogen) atoms. The lowest BCUT2D eigenvalue weighted by molar-refractivity contribution is 0.521. The molecule has 2 heterocycles. The van der Waals surface area contributed by atoms with Crippen LogP contribution in [0.4, 0.5) is 0 Å². The highest BCUT2D eigenvalue weighted by molar-refractivity contribution is 7.99. The van der Waals surface area contributed by atoms with Gasteiger partial charge in [-0.25, -0.2) is 12.7 Å². The van der Waals surface area contributed by atoms with Crippen molar-refractivity contribution in [2.24, 2.45) is 0 Å². The fourth-order valence-electron chi connectivity index (χ4n) is 3.73. The zero-order valence-corrected chi connectivity index (χ0v) is 21.3. The molecule has 9 heteroatoms. The molecule has 0 N–H and O–H groups in total. The van der Waals surface area contributed by atoms with Gasteiger partial charge in [0, 0.05) is 37.8 Å². The molecule has 0 aliphatic rings. The third-order valence-electron chi connectivity index (χ3n) is 5.54. The molecule has 0 spiro atoms. The highest BCUT2D eigenvalue weighted by atomic mass is 32.2. The van der Waals surface area contributed by atoms with Crippen molar-refractivity contribution in [2.75, 3.05) is 19.8 Å². The highest BCUT2D eigenvalue weighted by Gasteiger charge is 2.22. The Morgan fingerprint density at radius 3 is 2.29 bits per heavy atom. The van der Waals surface area contributed by atoms with E-state index in [4.69, 9.17) is 0 Å². The molecular weight excluding hydrogens is 466 g/mol. The summed E-state index contributed by atoms with van der Waals surface area (Å²) < 4.78 is 28.7. The van der Waals surface area contributed by atoms with E-state index >= 15 is 0 Å². The minimum absolute atomic E-state index is 0.220. The van der Waals surface area contributed by atoms with Gasteiger partial charge in [-0.05, 0) is 61.2 Å². The number of aryl methyl sites for hydroxylation is 3. The van der Waals surface area contributed by atoms with Crippen LogP contribution in [0.2, 0.25) is 0 Å². The van der Waals surface area contributed by atoms with E-state index in [2.05, 4.69) is 41.2 Å². The number of hydrogen-bond donors (Lipinski definition) is 0. The standard InChI is InChI=1S/C25H27N5O2S2/c1-18-7-5-8-19(2)23(18)30-24(21-9-6-10-22(17-21)34(31,32)29(3)4)27-28-25(30)33-16-13-20-11-14-26-15-12-20/h5-12,14-15,17H,13,16H2,1-4H3. The predicted molar refractivity (Wildman–Crippen MR) is 136 cm³/mol. The van der Waals surface area contributed by atoms with Gasteiger partial charge in [0.1, 0.15) is 0 Å². The lowest BCUT2D eigenvalue weighted by Gasteiger charge is -2.16. The molecular formula is C25H27N5O2S2. The minimum Gasteiger partial charge on any atom is -0.269 e. The van der Waals surface area contributed by atoms with Crippen LogP contribution in [0, 0.1) is 13.8 Å². The number of pyridine rings is 1. The Hall–Kier alpha value is -3.01. The molecule has 0 saturated heterocycles. The van der Waals surface area contributed by atoms with E-state index in [1.807, 2.05) is 28.8 Å². The van der Waals surface area contributed by atoms with Crippen LogP contribution in [0.1, 0.15) is 16.7 Å². The Morgan fingerprint density at radius 1 is 0.941 bits per heavy atom. The Balaban J connectivity index is 1.78. The Bertz CT molecular complexity index is 1380. The van der Waals surface area contributed by atoms with Gasteiger partial charge < -0.3 is 0 Å². The van der Waals surface area contributed by atoms with Gasteiger partial charge in [0.25, 0.3) is 0 Å². The Kier molecular flexibility index (Phi) is 7.16. The SMILES string of the molecule is Cc1cccc(C)c1-n1c(SCCc2ccncc2)nnc1-c1cccc(S(=O)(=O)N(C)C)c1. The van der Waals surface area contributed by atoms with Crippen molar-refractivity contribution in [3.63, 3.8) is 0 Å². The second-order valence-corrected chi connectivity index (χ2v) is 11.4. The largest absolute Gasteiger partial charge is 0.269 e. The van der Waals surface area contributed by atoms with E-state index in [1.54, 1.807) is 42.4 Å². The maximum atomic E-state index is 12.7. The fraction of sp³-hybridized carbons (Fsp3) is 0.240. The van der Waals surface area contributed by atoms with Crippen molar-refractivity contribution in [3.8, 4) is 17.1 Å². The number of benzene rings is 2. The molecule has 0 bridgehead atoms. The van der Waals surface area contributed by atoms with Gasteiger partial charge in [-0.3, -0.25) is 9.55 Å². The van der Waals surface area contributed by atoms with Crippen LogP contribution < -0.4 is 0 Å². The molecule has 0 aliphatic heterocycles. The van der Waals surface area contributed by atoms with Crippen molar-refractivity contribution in [2.45, 2.75) is 30.3 Å². The van der Waals surface area contributed by atoms with Crippen molar-refractivity contribution < 1.29 is 8.42 Å². The number of nitrogens with zero attached hydrogens (tertiary/aromatic N) is 5. The molecule has 0 fully saturated rings. The third kappa shape index (κ3) is 4.91. The summed E-state index contributed by atoms with van der Waals surface area (Å²) in [5, 5.41) is 9.79. The molecule has 0 unspecified atom stereocenters. The maximum absolute atomic E-state index is 12.7. The van der Waals surface area contributed by atoms with Gasteiger partial charge in [-0.2, -0.15) is 0 Å². The van der Waals surface area contributed by atoms with E-state index in [0.29, 0.717) is 11.4 Å². The molecule has 2 aromatic heterocycles. The van der Waals surface area contributed by atoms with E-state index in [1.165, 1.54) is 24.0 Å². The monoisotopic (exact) mass is 493 g/mol. The van der Waals surface area contributed by atoms with Crippen LogP contribution >= 0.6 is 11.8 Å². The first-order chi connectivity index (χ1) is 16.3. The van der Waals surface area contributed by atoms with Gasteiger partial charge >= 0.3 is 0 Å². The van der Waals surface area contributed by atoms with E-state index in [9.17, 15) is 8.42 Å². The summed E-state index contributed by atoms with van der Waals surface area (Å²) in [5.41, 5.74) is 5.10. The summed E-state index contributed by atoms with van der Waals surface area (Å²) in [6, 6.07) is 17.0. The van der Waals surface area contributed by atoms with Gasteiger partial charge in [0.2, 0.25) is 10.0 Å². The number of aromatic nitrogens is 4. The average molecular weight is 494 g/mol. The first kappa shape index (κ1) is 24.1. The second kappa shape index (κ2) is 10.1. The normalized spacial score (nSPS) is 11.8. The first-order valence-corrected chi connectivity index (χ1v) is 13.3. The van der Waals surface area contributed by atoms with Gasteiger partial charge in [-0.1, -0.05) is 42.1 Å². The Labute approximate surface area is 204 Å². The molecule has 0 radical (unpaired) electrons. The van der Waals surface area contributed by atoms with Crippen LogP contribution in [0.5, 0.6) is 0 Å². The van der Waals surface area contributed by atoms with Crippen LogP contribution in [-0.2, 0) is 16.4 Å². The van der Waals surface area contributed by atoms with E-state index in [0.717, 1.165) is 34.1 Å². The summed E-state index contributed by atoms with van der Waals surface area (Å²) in [6.07, 6.45) is 4.47. The Morgan fingerprint density at radius 2 is 1.62 bits per heavy atom. The summed E-state index contributed by atoms with van der Waals surface area (Å²) in [6.45, 7) is 4.12. The summed E-state index contributed by atoms with van der Waals surface area (Å²) in [4.78, 5) is 4.30. The summed E-state index contributed by atoms with van der Waals surface area (Å²) in [7, 11) is -0.521. The molecule has 0 saturated carbocycles. The van der Waals surface area contributed by atoms with Crippen molar-refractivity contribution in [1.82, 2.24) is 24.1 Å². The number of para-hydroxylation sites is 1. The van der Waals surface area contributed by atoms with Crippen molar-refractivity contribution in [3.05, 3.63) is 83.7 Å². The van der Waals surface area contributed by atoms with Gasteiger partial charge in [0.15, 0.2) is 11.0 Å². The molecule has 0 aliphatic carbocycles. The van der Waals surface area contributed by atoms with Crippen LogP contribution in [0.25, 0.3) is 17.1 Å².